The van der Waals surface area contributed by atoms with E-state index in [0.29, 0.717) is 24.1 Å². The number of hydrogen-bond acceptors (Lipinski definition) is 4. The average molecular weight is 401 g/mol. The van der Waals surface area contributed by atoms with Crippen LogP contribution in [0.25, 0.3) is 0 Å². The van der Waals surface area contributed by atoms with Gasteiger partial charge in [-0.05, 0) is 56.0 Å². The van der Waals surface area contributed by atoms with E-state index in [-0.39, 0.29) is 22.5 Å². The number of amides is 2. The Labute approximate surface area is 165 Å². The first-order valence-corrected chi connectivity index (χ1v) is 11.0. The molecule has 0 aromatic heterocycles. The molecule has 0 unspecified atom stereocenters. The van der Waals surface area contributed by atoms with Gasteiger partial charge in [0.05, 0.1) is 10.6 Å². The van der Waals surface area contributed by atoms with Crippen LogP contribution in [0.2, 0.25) is 0 Å². The van der Waals surface area contributed by atoms with Gasteiger partial charge in [-0.15, -0.1) is 0 Å². The van der Waals surface area contributed by atoms with Crippen molar-refractivity contribution in [2.75, 3.05) is 6.54 Å². The lowest BCUT2D eigenvalue weighted by atomic mass is 10.1. The number of carbonyl (C=O) groups excluding carboxylic acids is 2. The molecular weight excluding hydrogens is 376 g/mol. The van der Waals surface area contributed by atoms with Gasteiger partial charge in [-0.2, -0.15) is 0 Å². The van der Waals surface area contributed by atoms with Crippen LogP contribution < -0.4 is 10.6 Å². The molecule has 0 saturated carbocycles. The third kappa shape index (κ3) is 4.98. The molecule has 0 radical (unpaired) electrons. The Bertz CT molecular complexity index is 951. The summed E-state index contributed by atoms with van der Waals surface area (Å²) >= 11 is 0. The zero-order valence-electron chi connectivity index (χ0n) is 15.8. The van der Waals surface area contributed by atoms with Gasteiger partial charge in [-0.25, -0.2) is 8.42 Å². The van der Waals surface area contributed by atoms with Gasteiger partial charge in [0.2, 0.25) is 5.91 Å². The van der Waals surface area contributed by atoms with E-state index in [9.17, 15) is 18.0 Å². The highest BCUT2D eigenvalue weighted by atomic mass is 32.2. The molecule has 0 spiro atoms. The number of rotatable bonds is 5. The molecule has 2 aromatic rings. The molecule has 6 nitrogen and oxygen atoms in total. The quantitative estimate of drug-likeness (QED) is 0.806. The Kier molecular flexibility index (Phi) is 6.14. The smallest absolute Gasteiger partial charge is 0.251 e. The highest BCUT2D eigenvalue weighted by Crippen LogP contribution is 2.18. The molecule has 1 aliphatic rings. The molecule has 0 aliphatic carbocycles. The third-order valence-corrected chi connectivity index (χ3v) is 6.50. The lowest BCUT2D eigenvalue weighted by molar-refractivity contribution is -0.122. The van der Waals surface area contributed by atoms with E-state index in [1.165, 1.54) is 0 Å². The zero-order chi connectivity index (χ0) is 20.1. The van der Waals surface area contributed by atoms with E-state index in [4.69, 9.17) is 0 Å². The van der Waals surface area contributed by atoms with Gasteiger partial charge in [0.1, 0.15) is 6.04 Å². The lowest BCUT2D eigenvalue weighted by Crippen LogP contribution is -2.45. The summed E-state index contributed by atoms with van der Waals surface area (Å²) in [5.41, 5.74) is 1.99. The van der Waals surface area contributed by atoms with E-state index >= 15 is 0 Å². The van der Waals surface area contributed by atoms with Crippen molar-refractivity contribution in [2.24, 2.45) is 0 Å². The van der Waals surface area contributed by atoms with E-state index in [1.54, 1.807) is 48.5 Å². The molecule has 1 fully saturated rings. The van der Waals surface area contributed by atoms with E-state index in [1.807, 2.05) is 6.92 Å². The van der Waals surface area contributed by atoms with Crippen LogP contribution in [0.5, 0.6) is 0 Å². The molecule has 1 heterocycles. The molecule has 148 valence electrons. The summed E-state index contributed by atoms with van der Waals surface area (Å²) in [4.78, 5) is 24.6. The maximum absolute atomic E-state index is 12.5. The molecule has 1 atom stereocenters. The van der Waals surface area contributed by atoms with Crippen molar-refractivity contribution >= 4 is 21.7 Å². The minimum absolute atomic E-state index is 0.136. The Morgan fingerprint density at radius 1 is 1.07 bits per heavy atom. The predicted octanol–water partition coefficient (Wildman–Crippen LogP) is 2.37. The van der Waals surface area contributed by atoms with Gasteiger partial charge in [0.15, 0.2) is 9.84 Å². The second-order valence-electron chi connectivity index (χ2n) is 7.08. The van der Waals surface area contributed by atoms with Gasteiger partial charge in [-0.1, -0.05) is 29.8 Å². The van der Waals surface area contributed by atoms with E-state index < -0.39 is 15.9 Å². The van der Waals surface area contributed by atoms with Crippen LogP contribution in [0.3, 0.4) is 0 Å². The first kappa shape index (κ1) is 20.1. The Morgan fingerprint density at radius 2 is 1.75 bits per heavy atom. The van der Waals surface area contributed by atoms with Crippen LogP contribution in [-0.2, 0) is 20.4 Å². The van der Waals surface area contributed by atoms with E-state index in [2.05, 4.69) is 10.6 Å². The number of aryl methyl sites for hydroxylation is 1. The summed E-state index contributed by atoms with van der Waals surface area (Å²) in [5.74, 6) is -0.634. The molecule has 28 heavy (non-hydrogen) atoms. The summed E-state index contributed by atoms with van der Waals surface area (Å²) in [7, 11) is -3.45. The number of carbonyl (C=O) groups is 2. The monoisotopic (exact) mass is 400 g/mol. The molecule has 2 amide bonds. The lowest BCUT2D eigenvalue weighted by Gasteiger charge is -2.15. The van der Waals surface area contributed by atoms with Gasteiger partial charge >= 0.3 is 0 Å². The minimum atomic E-state index is -3.45. The number of benzene rings is 2. The van der Waals surface area contributed by atoms with Crippen molar-refractivity contribution in [1.82, 2.24) is 10.6 Å². The van der Waals surface area contributed by atoms with Gasteiger partial charge in [-0.3, -0.25) is 9.59 Å². The normalized spacial score (nSPS) is 17.5. The molecule has 2 aromatic carbocycles. The number of hydrogen-bond donors (Lipinski definition) is 2. The molecule has 1 aliphatic heterocycles. The van der Waals surface area contributed by atoms with Crippen molar-refractivity contribution < 1.29 is 18.0 Å². The van der Waals surface area contributed by atoms with Crippen molar-refractivity contribution in [3.05, 3.63) is 65.2 Å². The van der Waals surface area contributed by atoms with Gasteiger partial charge in [0.25, 0.3) is 5.91 Å². The summed E-state index contributed by atoms with van der Waals surface area (Å²) < 4.78 is 25.1. The van der Waals surface area contributed by atoms with Crippen LogP contribution >= 0.6 is 0 Å². The van der Waals surface area contributed by atoms with Gasteiger partial charge < -0.3 is 10.6 Å². The molecule has 2 N–H and O–H groups in total. The van der Waals surface area contributed by atoms with Crippen LogP contribution in [0.15, 0.2) is 53.4 Å². The van der Waals surface area contributed by atoms with Gasteiger partial charge in [0, 0.05) is 12.1 Å². The molecule has 7 heteroatoms. The minimum Gasteiger partial charge on any atom is -0.354 e. The molecular formula is C21H24N2O4S. The number of sulfone groups is 1. The van der Waals surface area contributed by atoms with Crippen LogP contribution in [0, 0.1) is 6.92 Å². The highest BCUT2D eigenvalue weighted by molar-refractivity contribution is 7.90. The maximum Gasteiger partial charge on any atom is 0.251 e. The largest absolute Gasteiger partial charge is 0.354 e. The third-order valence-electron chi connectivity index (χ3n) is 4.79. The van der Waals surface area contributed by atoms with Crippen molar-refractivity contribution in [3.63, 3.8) is 0 Å². The summed E-state index contributed by atoms with van der Waals surface area (Å²) in [6, 6.07) is 12.6. The first-order chi connectivity index (χ1) is 13.3. The average Bonchev–Trinajstić information content (AvgIpc) is 2.87. The molecule has 1 saturated heterocycles. The topological polar surface area (TPSA) is 92.3 Å². The van der Waals surface area contributed by atoms with Crippen molar-refractivity contribution in [2.45, 2.75) is 42.9 Å². The zero-order valence-corrected chi connectivity index (χ0v) is 16.6. The highest BCUT2D eigenvalue weighted by Gasteiger charge is 2.23. The summed E-state index contributed by atoms with van der Waals surface area (Å²) in [6.45, 7) is 2.54. The first-order valence-electron chi connectivity index (χ1n) is 9.32. The Balaban J connectivity index is 1.66. The Morgan fingerprint density at radius 3 is 2.43 bits per heavy atom. The number of nitrogens with one attached hydrogen (secondary N) is 2. The fourth-order valence-corrected chi connectivity index (χ4v) is 4.47. The van der Waals surface area contributed by atoms with Crippen molar-refractivity contribution in [1.29, 1.82) is 0 Å². The molecule has 3 rings (SSSR count). The summed E-state index contributed by atoms with van der Waals surface area (Å²) in [6.07, 6.45) is 2.40. The van der Waals surface area contributed by atoms with Crippen molar-refractivity contribution in [3.8, 4) is 0 Å². The SMILES string of the molecule is Cc1ccc(S(=O)(=O)Cc2ccc(C(=O)N[C@@H]3CCCCNC3=O)cc2)cc1. The van der Waals surface area contributed by atoms with Crippen LogP contribution in [-0.4, -0.2) is 32.8 Å². The van der Waals surface area contributed by atoms with E-state index in [0.717, 1.165) is 18.4 Å². The van der Waals surface area contributed by atoms with Crippen LogP contribution in [0.1, 0.15) is 40.7 Å². The van der Waals surface area contributed by atoms with Crippen LogP contribution in [0.4, 0.5) is 0 Å². The molecule has 0 bridgehead atoms. The second-order valence-corrected chi connectivity index (χ2v) is 9.07. The predicted molar refractivity (Wildman–Crippen MR) is 107 cm³/mol. The Hall–Kier alpha value is -2.67. The fourth-order valence-electron chi connectivity index (χ4n) is 3.12. The maximum atomic E-state index is 12.5. The standard InChI is InChI=1S/C21H24N2O4S/c1-15-5-11-18(12-6-15)28(26,27)14-16-7-9-17(10-8-16)20(24)23-19-4-2-3-13-22-21(19)25/h5-12,19H,2-4,13-14H2,1H3,(H,22,25)(H,23,24)/t19-/m1/s1. The fraction of sp³-hybridized carbons (Fsp3) is 0.333. The summed E-state index contributed by atoms with van der Waals surface area (Å²) in [5, 5.41) is 5.54. The second kappa shape index (κ2) is 8.56.